The summed E-state index contributed by atoms with van der Waals surface area (Å²) in [5.41, 5.74) is 0.331. The first-order valence-electron chi connectivity index (χ1n) is 5.53. The highest BCUT2D eigenvalue weighted by atomic mass is 19.4. The number of rotatable bonds is 0. The normalized spacial score (nSPS) is 10.3. The largest absolute Gasteiger partial charge is 0.416 e. The van der Waals surface area contributed by atoms with Gasteiger partial charge in [-0.3, -0.25) is 4.98 Å². The van der Waals surface area contributed by atoms with Crippen LogP contribution in [0.2, 0.25) is 0 Å². The van der Waals surface area contributed by atoms with Gasteiger partial charge in [0.05, 0.1) is 11.1 Å². The van der Waals surface area contributed by atoms with Crippen molar-refractivity contribution in [1.82, 2.24) is 4.98 Å². The Morgan fingerprint density at radius 2 is 1.65 bits per heavy atom. The van der Waals surface area contributed by atoms with Crippen molar-refractivity contribution >= 4 is 0 Å². The Labute approximate surface area is 113 Å². The van der Waals surface area contributed by atoms with Crippen molar-refractivity contribution in [3.63, 3.8) is 0 Å². The molecule has 1 heterocycles. The van der Waals surface area contributed by atoms with Crippen molar-refractivity contribution in [2.45, 2.75) is 6.18 Å². The lowest BCUT2D eigenvalue weighted by Gasteiger charge is -2.05. The molecule has 2 rings (SSSR count). The topological polar surface area (TPSA) is 36.7 Å². The summed E-state index contributed by atoms with van der Waals surface area (Å²) in [6.45, 7) is 0. The molecule has 2 aromatic rings. The third-order valence-corrected chi connectivity index (χ3v) is 2.41. The number of hydrogen-bond acceptors (Lipinski definition) is 2. The van der Waals surface area contributed by atoms with Gasteiger partial charge in [-0.05, 0) is 24.3 Å². The maximum atomic E-state index is 12.5. The Kier molecular flexibility index (Phi) is 3.72. The number of aromatic nitrogens is 1. The molecular weight excluding hydrogens is 265 g/mol. The highest BCUT2D eigenvalue weighted by Gasteiger charge is 2.30. The molecule has 2 nitrogen and oxygen atoms in total. The molecule has 1 aromatic heterocycles. The first-order valence-corrected chi connectivity index (χ1v) is 5.53. The van der Waals surface area contributed by atoms with Crippen LogP contribution in [0.3, 0.4) is 0 Å². The van der Waals surface area contributed by atoms with Gasteiger partial charge in [-0.15, -0.1) is 0 Å². The predicted molar refractivity (Wildman–Crippen MR) is 66.4 cm³/mol. The summed E-state index contributed by atoms with van der Waals surface area (Å²) in [7, 11) is 0. The summed E-state index contributed by atoms with van der Waals surface area (Å²) in [5.74, 6) is 5.31. The number of halogens is 3. The molecule has 98 valence electrons. The Morgan fingerprint density at radius 1 is 0.950 bits per heavy atom. The van der Waals surface area contributed by atoms with Crippen molar-refractivity contribution in [2.24, 2.45) is 0 Å². The van der Waals surface area contributed by atoms with E-state index in [1.54, 1.807) is 0 Å². The average Bonchev–Trinajstić information content (AvgIpc) is 2.45. The van der Waals surface area contributed by atoms with E-state index in [1.807, 2.05) is 6.07 Å². The van der Waals surface area contributed by atoms with E-state index in [0.717, 1.165) is 12.1 Å². The SMILES string of the molecule is N#Cc1cncc(C#Cc2cccc(C(F)(F)F)c2)c1. The van der Waals surface area contributed by atoms with E-state index in [0.29, 0.717) is 11.1 Å². The summed E-state index contributed by atoms with van der Waals surface area (Å²) in [5, 5.41) is 8.71. The number of benzene rings is 1. The standard InChI is InChI=1S/C15H7F3N2/c16-15(17,18)14-3-1-2-11(7-14)4-5-12-6-13(8-19)10-20-9-12/h1-3,6-7,9-10H. The van der Waals surface area contributed by atoms with E-state index in [9.17, 15) is 13.2 Å². The van der Waals surface area contributed by atoms with E-state index in [-0.39, 0.29) is 5.56 Å². The lowest BCUT2D eigenvalue weighted by Crippen LogP contribution is -2.04. The second kappa shape index (κ2) is 5.46. The zero-order valence-electron chi connectivity index (χ0n) is 10.1. The van der Waals surface area contributed by atoms with E-state index in [4.69, 9.17) is 5.26 Å². The molecule has 0 amide bonds. The number of hydrogen-bond donors (Lipinski definition) is 0. The van der Waals surface area contributed by atoms with Gasteiger partial charge in [0.25, 0.3) is 0 Å². The monoisotopic (exact) mass is 272 g/mol. The van der Waals surface area contributed by atoms with Gasteiger partial charge >= 0.3 is 6.18 Å². The smallest absolute Gasteiger partial charge is 0.262 e. The summed E-state index contributed by atoms with van der Waals surface area (Å²) < 4.78 is 37.6. The van der Waals surface area contributed by atoms with Crippen LogP contribution in [0.5, 0.6) is 0 Å². The van der Waals surface area contributed by atoms with E-state index < -0.39 is 11.7 Å². The average molecular weight is 272 g/mol. The van der Waals surface area contributed by atoms with Gasteiger partial charge < -0.3 is 0 Å². The molecule has 0 N–H and O–H groups in total. The third-order valence-electron chi connectivity index (χ3n) is 2.41. The van der Waals surface area contributed by atoms with Crippen molar-refractivity contribution in [1.29, 1.82) is 5.26 Å². The van der Waals surface area contributed by atoms with Crippen LogP contribution in [0.1, 0.15) is 22.3 Å². The van der Waals surface area contributed by atoms with Gasteiger partial charge in [0.15, 0.2) is 0 Å². The fourth-order valence-corrected chi connectivity index (χ4v) is 1.49. The third kappa shape index (κ3) is 3.37. The Balaban J connectivity index is 2.31. The number of alkyl halides is 3. The summed E-state index contributed by atoms with van der Waals surface area (Å²) >= 11 is 0. The van der Waals surface area contributed by atoms with E-state index in [2.05, 4.69) is 16.8 Å². The molecule has 5 heteroatoms. The predicted octanol–water partition coefficient (Wildman–Crippen LogP) is 3.37. The van der Waals surface area contributed by atoms with Gasteiger partial charge in [-0.1, -0.05) is 17.9 Å². The molecule has 0 saturated carbocycles. The molecule has 0 fully saturated rings. The Morgan fingerprint density at radius 3 is 2.35 bits per heavy atom. The highest BCUT2D eigenvalue weighted by Crippen LogP contribution is 2.29. The molecule has 1 aromatic carbocycles. The van der Waals surface area contributed by atoms with Gasteiger partial charge in [-0.25, -0.2) is 0 Å². The molecule has 0 spiro atoms. The van der Waals surface area contributed by atoms with Gasteiger partial charge in [0.2, 0.25) is 0 Å². The van der Waals surface area contributed by atoms with Crippen molar-refractivity contribution in [2.75, 3.05) is 0 Å². The molecule has 0 saturated heterocycles. The van der Waals surface area contributed by atoms with Crippen LogP contribution in [0, 0.1) is 23.2 Å². The van der Waals surface area contributed by atoms with Gasteiger partial charge in [-0.2, -0.15) is 18.4 Å². The first kappa shape index (κ1) is 13.6. The van der Waals surface area contributed by atoms with Crippen molar-refractivity contribution in [3.8, 4) is 17.9 Å². The molecule has 0 unspecified atom stereocenters. The summed E-state index contributed by atoms with van der Waals surface area (Å²) in [6.07, 6.45) is -1.56. The second-order valence-electron chi connectivity index (χ2n) is 3.90. The second-order valence-corrected chi connectivity index (χ2v) is 3.90. The zero-order chi connectivity index (χ0) is 14.6. The summed E-state index contributed by atoms with van der Waals surface area (Å²) in [4.78, 5) is 3.82. The minimum atomic E-state index is -4.39. The molecular formula is C15H7F3N2. The van der Waals surface area contributed by atoms with Crippen LogP contribution in [0.15, 0.2) is 42.7 Å². The number of nitrogens with zero attached hydrogens (tertiary/aromatic N) is 2. The Bertz CT molecular complexity index is 731. The minimum absolute atomic E-state index is 0.252. The quantitative estimate of drug-likeness (QED) is 0.689. The number of pyridine rings is 1. The van der Waals surface area contributed by atoms with Gasteiger partial charge in [0, 0.05) is 23.5 Å². The molecule has 20 heavy (non-hydrogen) atoms. The zero-order valence-corrected chi connectivity index (χ0v) is 10.1. The minimum Gasteiger partial charge on any atom is -0.262 e. The Hall–Kier alpha value is -2.79. The van der Waals surface area contributed by atoms with Gasteiger partial charge in [0.1, 0.15) is 6.07 Å². The van der Waals surface area contributed by atoms with Crippen molar-refractivity contribution < 1.29 is 13.2 Å². The van der Waals surface area contributed by atoms with Crippen molar-refractivity contribution in [3.05, 3.63) is 65.0 Å². The fraction of sp³-hybridized carbons (Fsp3) is 0.0667. The lowest BCUT2D eigenvalue weighted by atomic mass is 10.1. The molecule has 0 radical (unpaired) electrons. The van der Waals surface area contributed by atoms with Crippen LogP contribution >= 0.6 is 0 Å². The molecule has 0 atom stereocenters. The van der Waals surface area contributed by atoms with Crippen LogP contribution in [-0.4, -0.2) is 4.98 Å². The maximum absolute atomic E-state index is 12.5. The van der Waals surface area contributed by atoms with Crippen LogP contribution in [0.25, 0.3) is 0 Å². The molecule has 0 bridgehead atoms. The lowest BCUT2D eigenvalue weighted by molar-refractivity contribution is -0.137. The molecule has 0 aliphatic heterocycles. The maximum Gasteiger partial charge on any atom is 0.416 e. The molecule has 0 aliphatic carbocycles. The fourth-order valence-electron chi connectivity index (χ4n) is 1.49. The van der Waals surface area contributed by atoms with Crippen LogP contribution in [-0.2, 0) is 6.18 Å². The van der Waals surface area contributed by atoms with E-state index >= 15 is 0 Å². The van der Waals surface area contributed by atoms with E-state index in [1.165, 1.54) is 30.6 Å². The highest BCUT2D eigenvalue weighted by molar-refractivity contribution is 5.45. The van der Waals surface area contributed by atoms with Crippen LogP contribution in [0.4, 0.5) is 13.2 Å². The summed E-state index contributed by atoms with van der Waals surface area (Å²) in [6, 6.07) is 8.20. The first-order chi connectivity index (χ1) is 9.49. The molecule has 0 aliphatic rings. The number of nitriles is 1. The van der Waals surface area contributed by atoms with Crippen LogP contribution < -0.4 is 0 Å².